The summed E-state index contributed by atoms with van der Waals surface area (Å²) >= 11 is 0. The number of rotatable bonds is 10. The Morgan fingerprint density at radius 3 is 2.38 bits per heavy atom. The largest absolute Gasteiger partial charge is 0.496 e. The lowest BCUT2D eigenvalue weighted by Gasteiger charge is -2.55. The molecule has 8 rings (SSSR count). The Labute approximate surface area is 295 Å². The molecule has 1 aliphatic heterocycles. The van der Waals surface area contributed by atoms with Crippen molar-refractivity contribution in [3.63, 3.8) is 0 Å². The monoisotopic (exact) mass is 684 g/mol. The Kier molecular flexibility index (Phi) is 9.67. The van der Waals surface area contributed by atoms with Gasteiger partial charge >= 0.3 is 6.09 Å². The first-order chi connectivity index (χ1) is 24.1. The number of aliphatic hydroxyl groups excluding tert-OH is 1. The average molecular weight is 685 g/mol. The van der Waals surface area contributed by atoms with Crippen molar-refractivity contribution in [1.29, 1.82) is 0 Å². The number of anilines is 1. The van der Waals surface area contributed by atoms with Crippen LogP contribution in [-0.4, -0.2) is 70.9 Å². The van der Waals surface area contributed by atoms with Crippen molar-refractivity contribution >= 4 is 17.8 Å². The van der Waals surface area contributed by atoms with Gasteiger partial charge in [0.1, 0.15) is 29.6 Å². The Morgan fingerprint density at radius 2 is 1.78 bits per heavy atom. The first-order valence-electron chi connectivity index (χ1n) is 18.6. The Bertz CT molecular complexity index is 1670. The van der Waals surface area contributed by atoms with Crippen LogP contribution < -0.4 is 9.64 Å². The van der Waals surface area contributed by atoms with E-state index in [-0.39, 0.29) is 53.4 Å². The third kappa shape index (κ3) is 6.63. The molecule has 2 bridgehead atoms. The molecule has 3 aromatic rings. The van der Waals surface area contributed by atoms with Crippen molar-refractivity contribution in [2.45, 2.75) is 115 Å². The number of aliphatic hydroxyl groups is 1. The van der Waals surface area contributed by atoms with Gasteiger partial charge in [-0.1, -0.05) is 26.0 Å². The quantitative estimate of drug-likeness (QED) is 0.233. The molecule has 5 fully saturated rings. The number of ether oxygens (including phenoxy) is 2. The summed E-state index contributed by atoms with van der Waals surface area (Å²) in [5, 5.41) is 9.50. The maximum atomic E-state index is 14.6. The molecule has 4 aliphatic carbocycles. The average Bonchev–Trinajstić information content (AvgIpc) is 3.63. The highest BCUT2D eigenvalue weighted by Gasteiger charge is 2.51. The van der Waals surface area contributed by atoms with Crippen LogP contribution in [0.5, 0.6) is 5.75 Å². The van der Waals surface area contributed by atoms with Crippen LogP contribution in [0.15, 0.2) is 47.2 Å². The number of pyridine rings is 1. The number of benzene rings is 1. The van der Waals surface area contributed by atoms with E-state index in [2.05, 4.69) is 39.0 Å². The maximum Gasteiger partial charge on any atom is 0.410 e. The van der Waals surface area contributed by atoms with Crippen LogP contribution in [-0.2, 0) is 14.9 Å². The number of oxazole rings is 1. The normalized spacial score (nSPS) is 27.6. The van der Waals surface area contributed by atoms with Crippen molar-refractivity contribution in [1.82, 2.24) is 14.9 Å². The molecule has 0 unspecified atom stereocenters. The molecule has 2 amide bonds. The van der Waals surface area contributed by atoms with Crippen LogP contribution in [0.3, 0.4) is 0 Å². The summed E-state index contributed by atoms with van der Waals surface area (Å²) in [4.78, 5) is 40.4. The predicted octanol–water partition coefficient (Wildman–Crippen LogP) is 7.56. The summed E-state index contributed by atoms with van der Waals surface area (Å²) in [6, 6.07) is 10.5. The molecule has 10 nitrogen and oxygen atoms in total. The second kappa shape index (κ2) is 14.0. The van der Waals surface area contributed by atoms with Crippen LogP contribution in [0.2, 0.25) is 0 Å². The second-order valence-corrected chi connectivity index (χ2v) is 15.7. The van der Waals surface area contributed by atoms with Gasteiger partial charge in [0, 0.05) is 36.7 Å². The molecular weight excluding hydrogens is 632 g/mol. The fourth-order valence-corrected chi connectivity index (χ4v) is 8.89. The van der Waals surface area contributed by atoms with Crippen molar-refractivity contribution in [3.8, 4) is 17.0 Å². The summed E-state index contributed by atoms with van der Waals surface area (Å²) in [6.07, 6.45) is 12.8. The Balaban J connectivity index is 1.09. The van der Waals surface area contributed by atoms with Crippen molar-refractivity contribution in [2.75, 3.05) is 31.7 Å². The number of hydrogen-bond donors (Lipinski definition) is 1. The van der Waals surface area contributed by atoms with Crippen molar-refractivity contribution in [3.05, 3.63) is 59.8 Å². The number of methoxy groups -OCH3 is 1. The van der Waals surface area contributed by atoms with Gasteiger partial charge in [0.05, 0.1) is 19.8 Å². The summed E-state index contributed by atoms with van der Waals surface area (Å²) in [5.74, 6) is 2.38. The molecule has 1 atom stereocenters. The van der Waals surface area contributed by atoms with Gasteiger partial charge in [-0.15, -0.1) is 0 Å². The predicted molar refractivity (Wildman–Crippen MR) is 190 cm³/mol. The number of aryl methyl sites for hydroxylation is 1. The molecule has 268 valence electrons. The van der Waals surface area contributed by atoms with Gasteiger partial charge in [0.2, 0.25) is 5.91 Å². The standard InChI is InChI=1S/C40H52N4O6/c1-26(2)36-42-33(24-49-36)29-11-19-41-35(22-29)44(37(46)28-5-8-32(9-6-28)50-38(47)43-20-12-31(43)23-45)25-39-13-16-40(17-14-39,18-15-39)30-7-10-34(48-4)27(3)21-30/h7,10-11,19,21-22,24,26,28,31-32,45H,5-6,8-9,12-18,20,23,25H2,1-4H3/t28?,31-,32?,39?,40?/m0/s1. The fraction of sp³-hybridized carbons (Fsp3) is 0.600. The lowest BCUT2D eigenvalue weighted by Crippen LogP contribution is -2.54. The summed E-state index contributed by atoms with van der Waals surface area (Å²) < 4.78 is 17.1. The van der Waals surface area contributed by atoms with E-state index < -0.39 is 0 Å². The van der Waals surface area contributed by atoms with Crippen LogP contribution >= 0.6 is 0 Å². The molecule has 1 N–H and O–H groups in total. The number of amides is 2. The van der Waals surface area contributed by atoms with E-state index >= 15 is 0 Å². The number of carbonyl (C=O) groups is 2. The first-order valence-corrected chi connectivity index (χ1v) is 18.6. The minimum Gasteiger partial charge on any atom is -0.496 e. The van der Waals surface area contributed by atoms with Crippen LogP contribution in [0.25, 0.3) is 11.3 Å². The van der Waals surface area contributed by atoms with Gasteiger partial charge in [-0.2, -0.15) is 0 Å². The third-order valence-electron chi connectivity index (χ3n) is 12.4. The molecule has 10 heteroatoms. The van der Waals surface area contributed by atoms with Crippen LogP contribution in [0.4, 0.5) is 10.6 Å². The zero-order valence-corrected chi connectivity index (χ0v) is 30.0. The molecule has 2 aromatic heterocycles. The first kappa shape index (κ1) is 34.5. The smallest absolute Gasteiger partial charge is 0.410 e. The number of carbonyl (C=O) groups excluding carboxylic acids is 2. The van der Waals surface area contributed by atoms with Gasteiger partial charge in [-0.3, -0.25) is 9.69 Å². The summed E-state index contributed by atoms with van der Waals surface area (Å²) in [6.45, 7) is 7.45. The fourth-order valence-electron chi connectivity index (χ4n) is 8.89. The Hall–Kier alpha value is -3.92. The zero-order chi connectivity index (χ0) is 35.0. The highest BCUT2D eigenvalue weighted by molar-refractivity contribution is 5.95. The van der Waals surface area contributed by atoms with Crippen LogP contribution in [0, 0.1) is 18.3 Å². The number of aromatic nitrogens is 2. The molecule has 1 saturated heterocycles. The summed E-state index contributed by atoms with van der Waals surface area (Å²) in [5.41, 5.74) is 4.42. The van der Waals surface area contributed by atoms with E-state index in [0.717, 1.165) is 62.0 Å². The van der Waals surface area contributed by atoms with E-state index in [1.165, 1.54) is 11.1 Å². The van der Waals surface area contributed by atoms with Gasteiger partial charge < -0.3 is 23.9 Å². The van der Waals surface area contributed by atoms with Crippen molar-refractivity contribution < 1.29 is 28.6 Å². The van der Waals surface area contributed by atoms with E-state index in [1.807, 2.05) is 17.0 Å². The van der Waals surface area contributed by atoms with E-state index in [9.17, 15) is 14.7 Å². The van der Waals surface area contributed by atoms with Crippen LogP contribution in [0.1, 0.15) is 107 Å². The molecule has 3 heterocycles. The number of fused-ring (bicyclic) bond motifs is 3. The van der Waals surface area contributed by atoms with Gasteiger partial charge in [0.25, 0.3) is 0 Å². The lowest BCUT2D eigenvalue weighted by atomic mass is 9.51. The molecule has 0 radical (unpaired) electrons. The molecule has 1 aromatic carbocycles. The highest BCUT2D eigenvalue weighted by atomic mass is 16.6. The molecule has 5 aliphatic rings. The zero-order valence-electron chi connectivity index (χ0n) is 30.0. The van der Waals surface area contributed by atoms with E-state index in [4.69, 9.17) is 23.9 Å². The number of likely N-dealkylation sites (tertiary alicyclic amines) is 1. The lowest BCUT2D eigenvalue weighted by molar-refractivity contribution is -0.124. The van der Waals surface area contributed by atoms with Gasteiger partial charge in [-0.05, 0) is 118 Å². The number of hydrogen-bond acceptors (Lipinski definition) is 8. The topological polar surface area (TPSA) is 118 Å². The van der Waals surface area contributed by atoms with Gasteiger partial charge in [-0.25, -0.2) is 14.8 Å². The minimum absolute atomic E-state index is 0.0303. The summed E-state index contributed by atoms with van der Waals surface area (Å²) in [7, 11) is 1.73. The third-order valence-corrected chi connectivity index (χ3v) is 12.4. The molecular formula is C40H52N4O6. The van der Waals surface area contributed by atoms with E-state index in [0.29, 0.717) is 50.5 Å². The number of nitrogens with zero attached hydrogens (tertiary/aromatic N) is 4. The highest BCUT2D eigenvalue weighted by Crippen LogP contribution is 2.58. The molecule has 4 saturated carbocycles. The van der Waals surface area contributed by atoms with Crippen molar-refractivity contribution in [2.24, 2.45) is 11.3 Å². The Morgan fingerprint density at radius 1 is 1.04 bits per heavy atom. The maximum absolute atomic E-state index is 14.6. The SMILES string of the molecule is COc1ccc(C23CCC(CN(C(=O)C4CCC(OC(=O)N5CC[C@H]5CO)CC4)c4cc(-c5coc(C(C)C)n5)ccn4)(CC2)CC3)cc1C. The molecule has 50 heavy (non-hydrogen) atoms. The minimum atomic E-state index is -0.351. The van der Waals surface area contributed by atoms with Gasteiger partial charge in [0.15, 0.2) is 5.89 Å². The molecule has 0 spiro atoms. The van der Waals surface area contributed by atoms with E-state index in [1.54, 1.807) is 24.5 Å². The second-order valence-electron chi connectivity index (χ2n) is 15.7.